The van der Waals surface area contributed by atoms with Crippen molar-refractivity contribution >= 4 is 50.8 Å². The van der Waals surface area contributed by atoms with Crippen LogP contribution in [0.3, 0.4) is 0 Å². The second-order valence-electron chi connectivity index (χ2n) is 6.00. The molecule has 4 rings (SSSR count). The fourth-order valence-corrected chi connectivity index (χ4v) is 3.72. The van der Waals surface area contributed by atoms with Crippen LogP contribution in [0.15, 0.2) is 70.2 Å². The summed E-state index contributed by atoms with van der Waals surface area (Å²) >= 11 is 7.11. The van der Waals surface area contributed by atoms with Crippen LogP contribution in [0.25, 0.3) is 21.4 Å². The van der Waals surface area contributed by atoms with Gasteiger partial charge in [-0.2, -0.15) is 5.10 Å². The Labute approximate surface area is 173 Å². The van der Waals surface area contributed by atoms with E-state index in [2.05, 4.69) is 10.5 Å². The van der Waals surface area contributed by atoms with E-state index in [9.17, 15) is 14.9 Å². The normalized spacial score (nSPS) is 11.2. The molecule has 2 heterocycles. The third-order valence-corrected chi connectivity index (χ3v) is 5.41. The van der Waals surface area contributed by atoms with Crippen LogP contribution in [0.5, 0.6) is 0 Å². The van der Waals surface area contributed by atoms with E-state index in [1.54, 1.807) is 36.4 Å². The summed E-state index contributed by atoms with van der Waals surface area (Å²) in [6, 6.07) is 16.8. The minimum atomic E-state index is -0.469. The Bertz CT molecular complexity index is 1240. The van der Waals surface area contributed by atoms with Gasteiger partial charge >= 0.3 is 0 Å². The van der Waals surface area contributed by atoms with E-state index in [1.165, 1.54) is 29.7 Å². The molecule has 29 heavy (non-hydrogen) atoms. The minimum absolute atomic E-state index is 0.0189. The highest BCUT2D eigenvalue weighted by Crippen LogP contribution is 2.29. The summed E-state index contributed by atoms with van der Waals surface area (Å²) in [4.78, 5) is 23.1. The third kappa shape index (κ3) is 4.18. The average molecular weight is 426 g/mol. The van der Waals surface area contributed by atoms with Gasteiger partial charge in [0.15, 0.2) is 0 Å². The molecule has 0 aliphatic rings. The van der Waals surface area contributed by atoms with E-state index in [1.807, 2.05) is 12.1 Å². The molecule has 0 aliphatic heterocycles. The Morgan fingerprint density at radius 1 is 1.14 bits per heavy atom. The van der Waals surface area contributed by atoms with Crippen LogP contribution in [-0.2, 0) is 0 Å². The first-order valence-corrected chi connectivity index (χ1v) is 9.56. The number of rotatable bonds is 5. The van der Waals surface area contributed by atoms with Crippen molar-refractivity contribution < 1.29 is 14.1 Å². The highest BCUT2D eigenvalue weighted by Gasteiger charge is 2.13. The van der Waals surface area contributed by atoms with Crippen LogP contribution in [0, 0.1) is 10.1 Å². The molecular weight excluding hydrogens is 414 g/mol. The summed E-state index contributed by atoms with van der Waals surface area (Å²) in [5.74, 6) is 0.720. The molecular formula is C20H12ClN3O4S. The van der Waals surface area contributed by atoms with Gasteiger partial charge in [0.2, 0.25) is 0 Å². The number of halogens is 1. The summed E-state index contributed by atoms with van der Waals surface area (Å²) < 4.78 is 6.46. The highest BCUT2D eigenvalue weighted by atomic mass is 35.5. The zero-order chi connectivity index (χ0) is 20.4. The summed E-state index contributed by atoms with van der Waals surface area (Å²) in [5, 5.41) is 16.1. The number of carbonyl (C=O) groups is 1. The molecule has 1 N–H and O–H groups in total. The van der Waals surface area contributed by atoms with Gasteiger partial charge in [0, 0.05) is 32.8 Å². The maximum atomic E-state index is 12.3. The van der Waals surface area contributed by atoms with E-state index in [4.69, 9.17) is 16.0 Å². The Morgan fingerprint density at radius 3 is 2.69 bits per heavy atom. The number of non-ortho nitro benzene ring substituents is 1. The molecule has 2 aromatic heterocycles. The van der Waals surface area contributed by atoms with Crippen LogP contribution in [0.4, 0.5) is 5.69 Å². The van der Waals surface area contributed by atoms with Crippen LogP contribution < -0.4 is 5.43 Å². The maximum absolute atomic E-state index is 12.3. The van der Waals surface area contributed by atoms with Crippen molar-refractivity contribution in [3.63, 3.8) is 0 Å². The molecule has 0 fully saturated rings. The lowest BCUT2D eigenvalue weighted by Crippen LogP contribution is -2.15. The van der Waals surface area contributed by atoms with Gasteiger partial charge in [-0.05, 0) is 48.5 Å². The number of amides is 1. The first-order chi connectivity index (χ1) is 14.0. The maximum Gasteiger partial charge on any atom is 0.281 e. The van der Waals surface area contributed by atoms with Crippen molar-refractivity contribution in [2.75, 3.05) is 0 Å². The predicted molar refractivity (Wildman–Crippen MR) is 113 cm³/mol. The van der Waals surface area contributed by atoms with Gasteiger partial charge in [-0.3, -0.25) is 14.9 Å². The van der Waals surface area contributed by atoms with Crippen molar-refractivity contribution in [2.24, 2.45) is 5.10 Å². The highest BCUT2D eigenvalue weighted by molar-refractivity contribution is 7.20. The average Bonchev–Trinajstić information content (AvgIpc) is 3.35. The van der Waals surface area contributed by atoms with E-state index in [-0.39, 0.29) is 5.69 Å². The number of hydrogen-bond acceptors (Lipinski definition) is 6. The molecule has 1 amide bonds. The van der Waals surface area contributed by atoms with Crippen molar-refractivity contribution in [3.05, 3.63) is 86.4 Å². The summed E-state index contributed by atoms with van der Waals surface area (Å²) in [6.07, 6.45) is 1.40. The predicted octanol–water partition coefficient (Wildman–Crippen LogP) is 5.49. The fourth-order valence-electron chi connectivity index (χ4n) is 2.66. The number of fused-ring (bicyclic) bond motifs is 1. The van der Waals surface area contributed by atoms with Crippen LogP contribution in [-0.4, -0.2) is 17.0 Å². The first kappa shape index (κ1) is 18.9. The number of nitro benzene ring substituents is 1. The van der Waals surface area contributed by atoms with Crippen LogP contribution in [0.1, 0.15) is 15.4 Å². The molecule has 2 aromatic carbocycles. The van der Waals surface area contributed by atoms with Gasteiger partial charge in [0.25, 0.3) is 11.6 Å². The standard InChI is InChI=1S/C20H12ClN3O4S/c21-14-3-1-12(2-4-14)17-7-6-16(28-17)11-22-23-20(25)19-10-13-9-15(24(26)27)5-8-18(13)29-19/h1-11H,(H,23,25). The van der Waals surface area contributed by atoms with Gasteiger partial charge in [-0.15, -0.1) is 11.3 Å². The number of furan rings is 1. The minimum Gasteiger partial charge on any atom is -0.455 e. The monoisotopic (exact) mass is 425 g/mol. The Kier molecular flexibility index (Phi) is 5.11. The molecule has 0 aliphatic carbocycles. The Hall–Kier alpha value is -3.49. The number of nitrogens with one attached hydrogen (secondary N) is 1. The van der Waals surface area contributed by atoms with Crippen LogP contribution in [0.2, 0.25) is 5.02 Å². The number of hydrazone groups is 1. The van der Waals surface area contributed by atoms with Gasteiger partial charge in [-0.25, -0.2) is 5.43 Å². The van der Waals surface area contributed by atoms with Crippen molar-refractivity contribution in [1.29, 1.82) is 0 Å². The first-order valence-electron chi connectivity index (χ1n) is 8.37. The molecule has 4 aromatic rings. The van der Waals surface area contributed by atoms with Gasteiger partial charge < -0.3 is 4.42 Å². The van der Waals surface area contributed by atoms with E-state index >= 15 is 0 Å². The van der Waals surface area contributed by atoms with Gasteiger partial charge in [0.05, 0.1) is 16.0 Å². The lowest BCUT2D eigenvalue weighted by molar-refractivity contribution is -0.384. The summed E-state index contributed by atoms with van der Waals surface area (Å²) in [5.41, 5.74) is 3.29. The lowest BCUT2D eigenvalue weighted by Gasteiger charge is -1.96. The Balaban J connectivity index is 1.44. The lowest BCUT2D eigenvalue weighted by atomic mass is 10.2. The second-order valence-corrected chi connectivity index (χ2v) is 7.52. The van der Waals surface area contributed by atoms with Crippen molar-refractivity contribution in [1.82, 2.24) is 5.43 Å². The van der Waals surface area contributed by atoms with Gasteiger partial charge in [-0.1, -0.05) is 11.6 Å². The molecule has 0 unspecified atom stereocenters. The number of hydrogen-bond donors (Lipinski definition) is 1. The summed E-state index contributed by atoms with van der Waals surface area (Å²) in [7, 11) is 0. The molecule has 9 heteroatoms. The largest absolute Gasteiger partial charge is 0.455 e. The smallest absolute Gasteiger partial charge is 0.281 e. The molecule has 144 valence electrons. The number of thiophene rings is 1. The topological polar surface area (TPSA) is 97.7 Å². The van der Waals surface area contributed by atoms with Crippen molar-refractivity contribution in [2.45, 2.75) is 0 Å². The molecule has 0 saturated carbocycles. The number of nitrogens with zero attached hydrogens (tertiary/aromatic N) is 2. The van der Waals surface area contributed by atoms with E-state index < -0.39 is 10.8 Å². The SMILES string of the molecule is O=C(NN=Cc1ccc(-c2ccc(Cl)cc2)o1)c1cc2cc([N+](=O)[O-])ccc2s1. The fraction of sp³-hybridized carbons (Fsp3) is 0. The van der Waals surface area contributed by atoms with Crippen molar-refractivity contribution in [3.8, 4) is 11.3 Å². The molecule has 7 nitrogen and oxygen atoms in total. The molecule has 0 atom stereocenters. The summed E-state index contributed by atoms with van der Waals surface area (Å²) in [6.45, 7) is 0. The molecule has 0 bridgehead atoms. The second kappa shape index (κ2) is 7.86. The molecule has 0 saturated heterocycles. The quantitative estimate of drug-likeness (QED) is 0.260. The number of benzene rings is 2. The van der Waals surface area contributed by atoms with Gasteiger partial charge in [0.1, 0.15) is 11.5 Å². The molecule has 0 spiro atoms. The number of nitro groups is 1. The zero-order valence-corrected chi connectivity index (χ0v) is 16.2. The van der Waals surface area contributed by atoms with E-state index in [0.717, 1.165) is 10.3 Å². The van der Waals surface area contributed by atoms with Crippen LogP contribution >= 0.6 is 22.9 Å². The number of carbonyl (C=O) groups excluding carboxylic acids is 1. The van der Waals surface area contributed by atoms with E-state index in [0.29, 0.717) is 26.8 Å². The molecule has 0 radical (unpaired) electrons. The Morgan fingerprint density at radius 2 is 1.93 bits per heavy atom. The zero-order valence-electron chi connectivity index (χ0n) is 14.7. The third-order valence-electron chi connectivity index (χ3n) is 4.05.